The van der Waals surface area contributed by atoms with E-state index in [9.17, 15) is 0 Å². The molecular weight excluding hydrogens is 190 g/mol. The molecule has 0 saturated carbocycles. The fourth-order valence-electron chi connectivity index (χ4n) is 1.35. The van der Waals surface area contributed by atoms with Crippen LogP contribution in [0.15, 0.2) is 30.3 Å². The Kier molecular flexibility index (Phi) is 3.86. The van der Waals surface area contributed by atoms with Gasteiger partial charge in [-0.25, -0.2) is 0 Å². The fourth-order valence-corrected chi connectivity index (χ4v) is 2.43. The first-order chi connectivity index (χ1) is 6.53. The molecule has 0 heterocycles. The van der Waals surface area contributed by atoms with Crippen LogP contribution in [0.2, 0.25) is 19.6 Å². The van der Waals surface area contributed by atoms with Crippen molar-refractivity contribution in [1.29, 1.82) is 0 Å². The lowest BCUT2D eigenvalue weighted by Crippen LogP contribution is -2.31. The molecule has 1 atom stereocenters. The summed E-state index contributed by atoms with van der Waals surface area (Å²) >= 11 is 0. The molecule has 0 spiro atoms. The van der Waals surface area contributed by atoms with Gasteiger partial charge in [0.15, 0.2) is 8.32 Å². The van der Waals surface area contributed by atoms with Gasteiger partial charge in [0.2, 0.25) is 0 Å². The monoisotopic (exact) mass is 209 g/mol. The number of hydrogen-bond acceptors (Lipinski definition) is 2. The van der Waals surface area contributed by atoms with Crippen LogP contribution in [0.5, 0.6) is 0 Å². The molecule has 0 bridgehead atoms. The summed E-state index contributed by atoms with van der Waals surface area (Å²) in [6.45, 7) is 7.09. The predicted octanol–water partition coefficient (Wildman–Crippen LogP) is 2.54. The summed E-state index contributed by atoms with van der Waals surface area (Å²) in [5, 5.41) is 0. The molecule has 3 heteroatoms. The van der Waals surface area contributed by atoms with Crippen LogP contribution in [0.4, 0.5) is 0 Å². The molecule has 0 aliphatic heterocycles. The minimum atomic E-state index is -1.50. The van der Waals surface area contributed by atoms with Crippen molar-refractivity contribution < 1.29 is 4.43 Å². The van der Waals surface area contributed by atoms with Gasteiger partial charge in [-0.05, 0) is 25.2 Å². The molecule has 1 aromatic rings. The number of hydrogen-bond donors (Lipinski definition) is 1. The summed E-state index contributed by atoms with van der Waals surface area (Å²) < 4.78 is 5.99. The van der Waals surface area contributed by atoms with E-state index in [4.69, 9.17) is 10.2 Å². The highest BCUT2D eigenvalue weighted by molar-refractivity contribution is 6.69. The summed E-state index contributed by atoms with van der Waals surface area (Å²) in [6.07, 6.45) is 0.0582. The zero-order valence-electron chi connectivity index (χ0n) is 9.16. The molecule has 78 valence electrons. The Labute approximate surface area is 87.2 Å². The van der Waals surface area contributed by atoms with Gasteiger partial charge in [0.1, 0.15) is 0 Å². The Morgan fingerprint density at radius 3 is 2.21 bits per heavy atom. The van der Waals surface area contributed by atoms with Gasteiger partial charge in [0.05, 0.1) is 6.10 Å². The molecule has 0 aliphatic rings. The van der Waals surface area contributed by atoms with Gasteiger partial charge in [-0.15, -0.1) is 0 Å². The van der Waals surface area contributed by atoms with E-state index in [-0.39, 0.29) is 6.10 Å². The van der Waals surface area contributed by atoms with Gasteiger partial charge in [0.25, 0.3) is 0 Å². The third kappa shape index (κ3) is 3.62. The van der Waals surface area contributed by atoms with Crippen molar-refractivity contribution in [1.82, 2.24) is 0 Å². The third-order valence-electron chi connectivity index (χ3n) is 1.88. The first kappa shape index (κ1) is 11.4. The number of nitrogens with two attached hydrogens (primary N) is 1. The van der Waals surface area contributed by atoms with E-state index in [2.05, 4.69) is 31.8 Å². The largest absolute Gasteiger partial charge is 0.409 e. The second kappa shape index (κ2) is 4.73. The highest BCUT2D eigenvalue weighted by Crippen LogP contribution is 2.20. The van der Waals surface area contributed by atoms with Gasteiger partial charge in [0, 0.05) is 6.54 Å². The SMILES string of the molecule is C[Si](C)(C)OC(CN)c1ccccc1. The standard InChI is InChI=1S/C11H19NOSi/c1-14(2,3)13-11(9-12)10-7-5-4-6-8-10/h4-8,11H,9,12H2,1-3H3. The summed E-state index contributed by atoms with van der Waals surface area (Å²) in [5.74, 6) is 0. The Morgan fingerprint density at radius 2 is 1.79 bits per heavy atom. The Bertz CT molecular complexity index is 268. The van der Waals surface area contributed by atoms with Gasteiger partial charge in [-0.1, -0.05) is 30.3 Å². The van der Waals surface area contributed by atoms with Gasteiger partial charge in [-0.3, -0.25) is 0 Å². The van der Waals surface area contributed by atoms with Crippen molar-refractivity contribution >= 4 is 8.32 Å². The van der Waals surface area contributed by atoms with E-state index in [0.29, 0.717) is 6.54 Å². The van der Waals surface area contributed by atoms with Gasteiger partial charge in [-0.2, -0.15) is 0 Å². The lowest BCUT2D eigenvalue weighted by Gasteiger charge is -2.25. The first-order valence-corrected chi connectivity index (χ1v) is 8.36. The second-order valence-corrected chi connectivity index (χ2v) is 8.83. The van der Waals surface area contributed by atoms with Crippen molar-refractivity contribution in [3.05, 3.63) is 35.9 Å². The van der Waals surface area contributed by atoms with Crippen LogP contribution in [0, 0.1) is 0 Å². The summed E-state index contributed by atoms with van der Waals surface area (Å²) in [6, 6.07) is 10.2. The topological polar surface area (TPSA) is 35.2 Å². The molecule has 0 fully saturated rings. The van der Waals surface area contributed by atoms with E-state index in [1.54, 1.807) is 0 Å². The van der Waals surface area contributed by atoms with Crippen LogP contribution in [-0.2, 0) is 4.43 Å². The van der Waals surface area contributed by atoms with Crippen molar-refractivity contribution in [3.63, 3.8) is 0 Å². The maximum absolute atomic E-state index is 5.99. The molecule has 1 rings (SSSR count). The van der Waals surface area contributed by atoms with Crippen molar-refractivity contribution in [2.45, 2.75) is 25.7 Å². The second-order valence-electron chi connectivity index (χ2n) is 4.37. The zero-order valence-corrected chi connectivity index (χ0v) is 10.2. The van der Waals surface area contributed by atoms with Crippen LogP contribution in [-0.4, -0.2) is 14.9 Å². The van der Waals surface area contributed by atoms with E-state index in [0.717, 1.165) is 0 Å². The van der Waals surface area contributed by atoms with Gasteiger partial charge >= 0.3 is 0 Å². The minimum absolute atomic E-state index is 0.0582. The van der Waals surface area contributed by atoms with E-state index < -0.39 is 8.32 Å². The van der Waals surface area contributed by atoms with Gasteiger partial charge < -0.3 is 10.2 Å². The maximum Gasteiger partial charge on any atom is 0.184 e. The quantitative estimate of drug-likeness (QED) is 0.773. The molecule has 0 aromatic heterocycles. The average molecular weight is 209 g/mol. The molecule has 1 aromatic carbocycles. The van der Waals surface area contributed by atoms with Crippen LogP contribution < -0.4 is 5.73 Å². The third-order valence-corrected chi connectivity index (χ3v) is 2.87. The number of benzene rings is 1. The minimum Gasteiger partial charge on any atom is -0.409 e. The number of rotatable bonds is 4. The summed E-state index contributed by atoms with van der Waals surface area (Å²) in [7, 11) is -1.50. The Morgan fingerprint density at radius 1 is 1.21 bits per heavy atom. The zero-order chi connectivity index (χ0) is 10.6. The van der Waals surface area contributed by atoms with Crippen LogP contribution >= 0.6 is 0 Å². The Hall–Kier alpha value is -0.643. The molecule has 2 N–H and O–H groups in total. The molecule has 0 saturated heterocycles. The van der Waals surface area contributed by atoms with E-state index in [1.165, 1.54) is 5.56 Å². The smallest absolute Gasteiger partial charge is 0.184 e. The van der Waals surface area contributed by atoms with E-state index >= 15 is 0 Å². The Balaban J connectivity index is 2.73. The van der Waals surface area contributed by atoms with Crippen molar-refractivity contribution in [2.75, 3.05) is 6.54 Å². The van der Waals surface area contributed by atoms with Crippen LogP contribution in [0.3, 0.4) is 0 Å². The highest BCUT2D eigenvalue weighted by atomic mass is 28.4. The average Bonchev–Trinajstić information content (AvgIpc) is 2.14. The molecule has 1 unspecified atom stereocenters. The maximum atomic E-state index is 5.99. The normalized spacial score (nSPS) is 14.0. The predicted molar refractivity (Wildman–Crippen MR) is 62.7 cm³/mol. The molecular formula is C11H19NOSi. The molecule has 14 heavy (non-hydrogen) atoms. The van der Waals surface area contributed by atoms with Crippen LogP contribution in [0.25, 0.3) is 0 Å². The van der Waals surface area contributed by atoms with Crippen LogP contribution in [0.1, 0.15) is 11.7 Å². The molecule has 0 radical (unpaired) electrons. The molecule has 2 nitrogen and oxygen atoms in total. The molecule has 0 aliphatic carbocycles. The summed E-state index contributed by atoms with van der Waals surface area (Å²) in [5.41, 5.74) is 6.89. The lowest BCUT2D eigenvalue weighted by molar-refractivity contribution is 0.206. The van der Waals surface area contributed by atoms with Crippen molar-refractivity contribution in [2.24, 2.45) is 5.73 Å². The first-order valence-electron chi connectivity index (χ1n) is 4.96. The van der Waals surface area contributed by atoms with E-state index in [1.807, 2.05) is 18.2 Å². The lowest BCUT2D eigenvalue weighted by atomic mass is 10.1. The van der Waals surface area contributed by atoms with Crippen molar-refractivity contribution in [3.8, 4) is 0 Å². The fraction of sp³-hybridized carbons (Fsp3) is 0.455. The molecule has 0 amide bonds. The summed E-state index contributed by atoms with van der Waals surface area (Å²) in [4.78, 5) is 0. The highest BCUT2D eigenvalue weighted by Gasteiger charge is 2.20.